The molecule has 0 fully saturated rings. The molecule has 3 nitrogen and oxygen atoms in total. The van der Waals surface area contributed by atoms with E-state index in [-0.39, 0.29) is 11.3 Å². The summed E-state index contributed by atoms with van der Waals surface area (Å²) in [5.74, 6) is 0. The fraction of sp³-hybridized carbons (Fsp3) is 0.400. The molecule has 0 aliphatic heterocycles. The summed E-state index contributed by atoms with van der Waals surface area (Å²) >= 11 is 8.34. The highest BCUT2D eigenvalue weighted by Crippen LogP contribution is 2.41. The number of nitrogens with zero attached hydrogens (tertiary/aromatic N) is 2. The Hall–Kier alpha value is 0.0500. The molecular weight excluding hydrogens is 338 g/mol. The second-order valence-electron chi connectivity index (χ2n) is 3.49. The summed E-state index contributed by atoms with van der Waals surface area (Å²) in [7, 11) is 0. The number of halogens is 1. The third-order valence-electron chi connectivity index (χ3n) is 2.30. The number of rotatable bonds is 5. The van der Waals surface area contributed by atoms with Gasteiger partial charge in [0.2, 0.25) is 0 Å². The minimum atomic E-state index is 0.134. The Morgan fingerprint density at radius 2 is 2.41 bits per heavy atom. The minimum absolute atomic E-state index is 0.134. The van der Waals surface area contributed by atoms with E-state index in [1.54, 1.807) is 29.4 Å². The van der Waals surface area contributed by atoms with Gasteiger partial charge in [0.05, 0.1) is 5.25 Å². The summed E-state index contributed by atoms with van der Waals surface area (Å²) in [5, 5.41) is 2.34. The lowest BCUT2D eigenvalue weighted by Crippen LogP contribution is -2.25. The number of thioether (sulfide) groups is 1. The van der Waals surface area contributed by atoms with E-state index >= 15 is 0 Å². The van der Waals surface area contributed by atoms with Gasteiger partial charge in [-0.3, -0.25) is 0 Å². The molecule has 2 aromatic heterocycles. The molecule has 0 radical (unpaired) electrons. The maximum Gasteiger partial charge on any atom is 0.170 e. The molecule has 2 heterocycles. The third-order valence-corrected chi connectivity index (χ3v) is 6.36. The third kappa shape index (κ3) is 3.51. The van der Waals surface area contributed by atoms with Crippen LogP contribution in [0, 0.1) is 0 Å². The van der Waals surface area contributed by atoms with Gasteiger partial charge in [0.1, 0.15) is 6.33 Å². The van der Waals surface area contributed by atoms with Gasteiger partial charge in [0.25, 0.3) is 0 Å². The molecule has 0 bridgehead atoms. The number of hydrogen-bond donors (Lipinski definition) is 1. The van der Waals surface area contributed by atoms with Crippen molar-refractivity contribution in [2.75, 3.05) is 0 Å². The molecular formula is C10H12BrN3S3. The van der Waals surface area contributed by atoms with E-state index in [9.17, 15) is 0 Å². The molecule has 0 amide bonds. The average molecular weight is 350 g/mol. The predicted molar refractivity (Wildman–Crippen MR) is 78.8 cm³/mol. The highest BCUT2D eigenvalue weighted by atomic mass is 79.9. The lowest BCUT2D eigenvalue weighted by molar-refractivity contribution is 0.639. The van der Waals surface area contributed by atoms with Crippen molar-refractivity contribution in [2.24, 2.45) is 5.73 Å². The standard InChI is InChI=1S/C10H12BrN3S3/c1-2-7(12)9(8-3-6(11)4-15-8)16-10-13-5-14-17-10/h3-5,7,9H,2,12H2,1H3. The molecule has 0 aliphatic carbocycles. The van der Waals surface area contributed by atoms with Crippen LogP contribution in [0.25, 0.3) is 0 Å². The fourth-order valence-electron chi connectivity index (χ4n) is 1.37. The Morgan fingerprint density at radius 1 is 1.59 bits per heavy atom. The largest absolute Gasteiger partial charge is 0.326 e. The maximum absolute atomic E-state index is 6.20. The first-order valence-electron chi connectivity index (χ1n) is 5.13. The van der Waals surface area contributed by atoms with Gasteiger partial charge < -0.3 is 5.73 Å². The molecule has 0 spiro atoms. The monoisotopic (exact) mass is 349 g/mol. The molecule has 2 aromatic rings. The van der Waals surface area contributed by atoms with Crippen LogP contribution in [0.4, 0.5) is 0 Å². The highest BCUT2D eigenvalue weighted by Gasteiger charge is 2.22. The molecule has 7 heteroatoms. The molecule has 0 saturated carbocycles. The van der Waals surface area contributed by atoms with E-state index in [4.69, 9.17) is 5.73 Å². The van der Waals surface area contributed by atoms with Gasteiger partial charge in [0.15, 0.2) is 4.34 Å². The first-order valence-corrected chi connectivity index (χ1v) is 8.46. The Bertz CT molecular complexity index is 457. The highest BCUT2D eigenvalue weighted by molar-refractivity contribution is 9.10. The van der Waals surface area contributed by atoms with E-state index in [1.807, 2.05) is 0 Å². The first kappa shape index (κ1) is 13.5. The van der Waals surface area contributed by atoms with Crippen molar-refractivity contribution < 1.29 is 0 Å². The van der Waals surface area contributed by atoms with E-state index in [0.717, 1.165) is 15.2 Å². The van der Waals surface area contributed by atoms with Crippen LogP contribution in [0.1, 0.15) is 23.5 Å². The minimum Gasteiger partial charge on any atom is -0.326 e. The van der Waals surface area contributed by atoms with E-state index < -0.39 is 0 Å². The zero-order valence-electron chi connectivity index (χ0n) is 9.17. The molecule has 0 saturated heterocycles. The summed E-state index contributed by atoms with van der Waals surface area (Å²) in [5.41, 5.74) is 6.20. The SMILES string of the molecule is CCC(N)C(Sc1ncns1)c1cc(Br)cs1. The van der Waals surface area contributed by atoms with Crippen molar-refractivity contribution in [3.8, 4) is 0 Å². The first-order chi connectivity index (χ1) is 8.20. The van der Waals surface area contributed by atoms with Crippen LogP contribution in [-0.4, -0.2) is 15.4 Å². The number of thiophene rings is 1. The van der Waals surface area contributed by atoms with E-state index in [0.29, 0.717) is 0 Å². The lowest BCUT2D eigenvalue weighted by Gasteiger charge is -2.19. The van der Waals surface area contributed by atoms with Gasteiger partial charge in [-0.2, -0.15) is 4.37 Å². The van der Waals surface area contributed by atoms with Crippen LogP contribution in [0.2, 0.25) is 0 Å². The quantitative estimate of drug-likeness (QED) is 0.830. The summed E-state index contributed by atoms with van der Waals surface area (Å²) in [6.45, 7) is 2.11. The fourth-order valence-corrected chi connectivity index (χ4v) is 4.95. The Labute approximate surface area is 121 Å². The molecule has 92 valence electrons. The van der Waals surface area contributed by atoms with E-state index in [1.165, 1.54) is 16.4 Å². The van der Waals surface area contributed by atoms with Gasteiger partial charge in [-0.1, -0.05) is 18.7 Å². The van der Waals surface area contributed by atoms with Crippen LogP contribution >= 0.6 is 50.6 Å². The second kappa shape index (κ2) is 6.29. The van der Waals surface area contributed by atoms with Crippen molar-refractivity contribution in [1.82, 2.24) is 9.36 Å². The smallest absolute Gasteiger partial charge is 0.170 e. The van der Waals surface area contributed by atoms with Crippen LogP contribution in [-0.2, 0) is 0 Å². The average Bonchev–Trinajstić information content (AvgIpc) is 2.96. The summed E-state index contributed by atoms with van der Waals surface area (Å²) in [6.07, 6.45) is 2.54. The van der Waals surface area contributed by atoms with Crippen LogP contribution in [0.5, 0.6) is 0 Å². The zero-order valence-corrected chi connectivity index (χ0v) is 13.2. The van der Waals surface area contributed by atoms with Crippen molar-refractivity contribution in [1.29, 1.82) is 0 Å². The summed E-state index contributed by atoms with van der Waals surface area (Å²) in [6, 6.07) is 2.27. The lowest BCUT2D eigenvalue weighted by atomic mass is 10.1. The number of nitrogens with two attached hydrogens (primary N) is 1. The Kier molecular flexibility index (Phi) is 4.98. The van der Waals surface area contributed by atoms with Crippen LogP contribution in [0.3, 0.4) is 0 Å². The molecule has 17 heavy (non-hydrogen) atoms. The maximum atomic E-state index is 6.20. The van der Waals surface area contributed by atoms with Crippen molar-refractivity contribution in [2.45, 2.75) is 29.0 Å². The zero-order chi connectivity index (χ0) is 12.3. The summed E-state index contributed by atoms with van der Waals surface area (Å²) in [4.78, 5) is 5.50. The number of aromatic nitrogens is 2. The molecule has 2 N–H and O–H groups in total. The molecule has 2 atom stereocenters. The van der Waals surface area contributed by atoms with Crippen LogP contribution < -0.4 is 5.73 Å². The molecule has 0 aromatic carbocycles. The van der Waals surface area contributed by atoms with E-state index in [2.05, 4.69) is 43.7 Å². The number of hydrogen-bond acceptors (Lipinski definition) is 6. The summed E-state index contributed by atoms with van der Waals surface area (Å²) < 4.78 is 6.11. The Balaban J connectivity index is 2.19. The molecule has 0 aliphatic rings. The van der Waals surface area contributed by atoms with Crippen molar-refractivity contribution in [3.05, 3.63) is 27.1 Å². The van der Waals surface area contributed by atoms with Crippen LogP contribution in [0.15, 0.2) is 26.6 Å². The van der Waals surface area contributed by atoms with Gasteiger partial charge in [-0.05, 0) is 39.9 Å². The Morgan fingerprint density at radius 3 is 2.94 bits per heavy atom. The predicted octanol–water partition coefficient (Wildman–Crippen LogP) is 3.93. The molecule has 2 rings (SSSR count). The van der Waals surface area contributed by atoms with Gasteiger partial charge in [0, 0.05) is 20.8 Å². The van der Waals surface area contributed by atoms with Gasteiger partial charge in [-0.25, -0.2) is 4.98 Å². The van der Waals surface area contributed by atoms with Gasteiger partial charge >= 0.3 is 0 Å². The second-order valence-corrected chi connectivity index (χ2v) is 7.51. The van der Waals surface area contributed by atoms with Gasteiger partial charge in [-0.15, -0.1) is 11.3 Å². The molecule has 2 unspecified atom stereocenters. The normalized spacial score (nSPS) is 14.8. The van der Waals surface area contributed by atoms with Crippen molar-refractivity contribution in [3.63, 3.8) is 0 Å². The van der Waals surface area contributed by atoms with Crippen molar-refractivity contribution >= 4 is 50.6 Å². The topological polar surface area (TPSA) is 51.8 Å².